The lowest BCUT2D eigenvalue weighted by Crippen LogP contribution is -2.50. The van der Waals surface area contributed by atoms with Gasteiger partial charge >= 0.3 is 12.3 Å². The molecule has 2 amide bonds. The minimum atomic E-state index is -4.89. The third-order valence-electron chi connectivity index (χ3n) is 6.11. The van der Waals surface area contributed by atoms with Crippen molar-refractivity contribution >= 4 is 22.9 Å². The van der Waals surface area contributed by atoms with Gasteiger partial charge in [-0.15, -0.1) is 0 Å². The highest BCUT2D eigenvalue weighted by Gasteiger charge is 2.39. The van der Waals surface area contributed by atoms with E-state index >= 15 is 0 Å². The second kappa shape index (κ2) is 12.2. The highest BCUT2D eigenvalue weighted by atomic mass is 19.4. The monoisotopic (exact) mass is 558 g/mol. The van der Waals surface area contributed by atoms with Crippen LogP contribution < -0.4 is 20.3 Å². The molecule has 3 N–H and O–H groups in total. The Morgan fingerprint density at radius 3 is 2.44 bits per heavy atom. The number of methoxy groups -OCH3 is 1. The summed E-state index contributed by atoms with van der Waals surface area (Å²) >= 11 is 0. The number of rotatable bonds is 8. The zero-order valence-electron chi connectivity index (χ0n) is 22.1. The van der Waals surface area contributed by atoms with Gasteiger partial charge in [0.1, 0.15) is 5.60 Å². The molecule has 1 atom stereocenters. The van der Waals surface area contributed by atoms with E-state index in [2.05, 4.69) is 9.97 Å². The van der Waals surface area contributed by atoms with E-state index in [-0.39, 0.29) is 11.7 Å². The van der Waals surface area contributed by atoms with Gasteiger partial charge in [0.25, 0.3) is 5.56 Å². The molecule has 1 aliphatic carbocycles. The zero-order valence-corrected chi connectivity index (χ0v) is 22.1. The molecule has 11 nitrogen and oxygen atoms in total. The molecule has 1 aromatic carbocycles. The Morgan fingerprint density at radius 1 is 1.18 bits per heavy atom. The smallest absolute Gasteiger partial charge is 0.427 e. The molecule has 1 heterocycles. The van der Waals surface area contributed by atoms with Crippen LogP contribution in [0.5, 0.6) is 11.5 Å². The molecule has 0 spiro atoms. The van der Waals surface area contributed by atoms with Crippen LogP contribution in [0.2, 0.25) is 0 Å². The number of carbonyl (C=O) groups is 2. The number of aromatic amines is 1. The average molecular weight is 559 g/mol. The predicted molar refractivity (Wildman–Crippen MR) is 133 cm³/mol. The lowest BCUT2D eigenvalue weighted by atomic mass is 9.86. The molecule has 0 radical (unpaired) electrons. The standard InChI is InChI=1S/C25H33F3N4O7/c1-24(2,3)39-23(36)32(10-9-29-22(35)25(26,27)28)21(34)14-5-7-15(8-6-14)38-19-11-16-17(12-18(19)37-4)30-13-31-20(16)33/h11-15,22,29,35H,5-10H2,1-4H3,(H,30,31,33). The summed E-state index contributed by atoms with van der Waals surface area (Å²) in [7, 11) is 1.46. The number of amides is 2. The molecule has 1 unspecified atom stereocenters. The summed E-state index contributed by atoms with van der Waals surface area (Å²) in [6.45, 7) is 3.90. The van der Waals surface area contributed by atoms with Gasteiger partial charge in [0, 0.05) is 25.1 Å². The average Bonchev–Trinajstić information content (AvgIpc) is 2.85. The molecule has 39 heavy (non-hydrogen) atoms. The van der Waals surface area contributed by atoms with Gasteiger partial charge in [0.05, 0.1) is 30.4 Å². The number of H-pyrrole nitrogens is 1. The van der Waals surface area contributed by atoms with Gasteiger partial charge < -0.3 is 24.3 Å². The van der Waals surface area contributed by atoms with Gasteiger partial charge in [-0.3, -0.25) is 14.9 Å². The molecule has 0 bridgehead atoms. The summed E-state index contributed by atoms with van der Waals surface area (Å²) in [5.74, 6) is -0.422. The first-order valence-electron chi connectivity index (χ1n) is 12.4. The molecule has 216 valence electrons. The number of alkyl halides is 3. The van der Waals surface area contributed by atoms with E-state index < -0.39 is 49.0 Å². The number of carbonyl (C=O) groups excluding carboxylic acids is 2. The van der Waals surface area contributed by atoms with Gasteiger partial charge in [-0.2, -0.15) is 13.2 Å². The van der Waals surface area contributed by atoms with Crippen LogP contribution in [-0.2, 0) is 9.53 Å². The van der Waals surface area contributed by atoms with Gasteiger partial charge in [-0.1, -0.05) is 0 Å². The number of halogens is 3. The van der Waals surface area contributed by atoms with E-state index in [0.717, 1.165) is 4.90 Å². The summed E-state index contributed by atoms with van der Waals surface area (Å²) in [6.07, 6.45) is -6.11. The maximum atomic E-state index is 13.3. The van der Waals surface area contributed by atoms with Crippen LogP contribution in [0.3, 0.4) is 0 Å². The van der Waals surface area contributed by atoms with Crippen molar-refractivity contribution in [1.82, 2.24) is 20.2 Å². The minimum absolute atomic E-state index is 0.310. The van der Waals surface area contributed by atoms with E-state index in [1.165, 1.54) is 13.4 Å². The van der Waals surface area contributed by atoms with Crippen molar-refractivity contribution in [1.29, 1.82) is 0 Å². The Balaban J connectivity index is 1.66. The second-order valence-electron chi connectivity index (χ2n) is 10.2. The number of nitrogens with zero attached hydrogens (tertiary/aromatic N) is 2. The molecular formula is C25H33F3N4O7. The van der Waals surface area contributed by atoms with Crippen LogP contribution in [0.1, 0.15) is 46.5 Å². The summed E-state index contributed by atoms with van der Waals surface area (Å²) < 4.78 is 54.6. The normalized spacial score (nSPS) is 18.9. The van der Waals surface area contributed by atoms with Crippen molar-refractivity contribution in [3.8, 4) is 11.5 Å². The molecule has 0 saturated heterocycles. The highest BCUT2D eigenvalue weighted by Crippen LogP contribution is 2.35. The van der Waals surface area contributed by atoms with Crippen molar-refractivity contribution in [3.05, 3.63) is 28.8 Å². The first-order valence-corrected chi connectivity index (χ1v) is 12.4. The number of aliphatic hydroxyl groups excluding tert-OH is 1. The quantitative estimate of drug-likeness (QED) is 0.417. The second-order valence-corrected chi connectivity index (χ2v) is 10.2. The topological polar surface area (TPSA) is 143 Å². The maximum Gasteiger partial charge on any atom is 0.427 e. The highest BCUT2D eigenvalue weighted by molar-refractivity contribution is 5.93. The van der Waals surface area contributed by atoms with E-state index in [9.17, 15) is 32.7 Å². The van der Waals surface area contributed by atoms with Crippen LogP contribution in [0.4, 0.5) is 18.0 Å². The number of aliphatic hydroxyl groups is 1. The van der Waals surface area contributed by atoms with Crippen LogP contribution in [-0.4, -0.2) is 76.3 Å². The molecule has 1 saturated carbocycles. The van der Waals surface area contributed by atoms with Gasteiger partial charge in [0.15, 0.2) is 11.5 Å². The number of aromatic nitrogens is 2. The Morgan fingerprint density at radius 2 is 1.85 bits per heavy atom. The van der Waals surface area contributed by atoms with Gasteiger partial charge in [0.2, 0.25) is 12.1 Å². The maximum absolute atomic E-state index is 13.3. The number of hydrogen-bond acceptors (Lipinski definition) is 9. The Hall–Kier alpha value is -3.39. The van der Waals surface area contributed by atoms with Crippen LogP contribution in [0.15, 0.2) is 23.3 Å². The number of benzene rings is 1. The molecule has 3 rings (SSSR count). The molecule has 1 fully saturated rings. The predicted octanol–water partition coefficient (Wildman–Crippen LogP) is 3.10. The van der Waals surface area contributed by atoms with Crippen molar-refractivity contribution in [2.45, 2.75) is 70.6 Å². The number of ether oxygens (including phenoxy) is 3. The Bertz CT molecular complexity index is 1220. The number of fused-ring (bicyclic) bond motifs is 1. The summed E-state index contributed by atoms with van der Waals surface area (Å²) in [5, 5.41) is 11.4. The van der Waals surface area contributed by atoms with Crippen molar-refractivity contribution < 1.29 is 42.1 Å². The third-order valence-corrected chi connectivity index (χ3v) is 6.11. The molecular weight excluding hydrogens is 525 g/mol. The first-order chi connectivity index (χ1) is 18.2. The molecule has 0 aliphatic heterocycles. The Kier molecular flexibility index (Phi) is 9.43. The van der Waals surface area contributed by atoms with E-state index in [0.29, 0.717) is 48.1 Å². The zero-order chi connectivity index (χ0) is 29.0. The largest absolute Gasteiger partial charge is 0.493 e. The van der Waals surface area contributed by atoms with E-state index in [1.54, 1.807) is 32.9 Å². The van der Waals surface area contributed by atoms with Crippen molar-refractivity contribution in [2.75, 3.05) is 20.2 Å². The minimum Gasteiger partial charge on any atom is -0.493 e. The Labute approximate surface area is 222 Å². The van der Waals surface area contributed by atoms with E-state index in [1.807, 2.05) is 5.32 Å². The fraction of sp³-hybridized carbons (Fsp3) is 0.600. The fourth-order valence-electron chi connectivity index (χ4n) is 4.19. The van der Waals surface area contributed by atoms with E-state index in [4.69, 9.17) is 14.2 Å². The van der Waals surface area contributed by atoms with Crippen molar-refractivity contribution in [3.63, 3.8) is 0 Å². The lowest BCUT2D eigenvalue weighted by Gasteiger charge is -2.33. The van der Waals surface area contributed by atoms with Crippen molar-refractivity contribution in [2.24, 2.45) is 5.92 Å². The lowest BCUT2D eigenvalue weighted by molar-refractivity contribution is -0.213. The summed E-state index contributed by atoms with van der Waals surface area (Å²) in [5.41, 5.74) is -0.825. The third kappa shape index (κ3) is 8.05. The molecule has 1 aromatic heterocycles. The fourth-order valence-corrected chi connectivity index (χ4v) is 4.19. The van der Waals surface area contributed by atoms with Crippen LogP contribution >= 0.6 is 0 Å². The number of hydrogen-bond donors (Lipinski definition) is 3. The SMILES string of the molecule is COc1cc2nc[nH]c(=O)c2cc1OC1CCC(C(=O)N(CCNC(O)C(F)(F)F)C(=O)OC(C)(C)C)CC1. The van der Waals surface area contributed by atoms with Gasteiger partial charge in [-0.05, 0) is 52.5 Å². The molecule has 14 heteroatoms. The van der Waals surface area contributed by atoms with Crippen LogP contribution in [0.25, 0.3) is 10.9 Å². The number of nitrogens with one attached hydrogen (secondary N) is 2. The summed E-state index contributed by atoms with van der Waals surface area (Å²) in [6, 6.07) is 3.14. The number of imide groups is 1. The van der Waals surface area contributed by atoms with Gasteiger partial charge in [-0.25, -0.2) is 14.7 Å². The first kappa shape index (κ1) is 30.2. The summed E-state index contributed by atoms with van der Waals surface area (Å²) in [4.78, 5) is 45.5. The molecule has 1 aliphatic rings. The van der Waals surface area contributed by atoms with Crippen LogP contribution in [0, 0.1) is 5.92 Å². The molecule has 2 aromatic rings.